The molecule has 2 aliphatic rings. The van der Waals surface area contributed by atoms with Gasteiger partial charge in [0.2, 0.25) is 0 Å². The molecular formula is C22H28N6. The Bertz CT molecular complexity index is 750. The van der Waals surface area contributed by atoms with Crippen LogP contribution < -0.4 is 0 Å². The highest BCUT2D eigenvalue weighted by Crippen LogP contribution is 2.15. The fourth-order valence-electron chi connectivity index (χ4n) is 3.60. The van der Waals surface area contributed by atoms with Gasteiger partial charge >= 0.3 is 0 Å². The van der Waals surface area contributed by atoms with Crippen LogP contribution in [-0.2, 0) is 0 Å². The quantitative estimate of drug-likeness (QED) is 0.745. The zero-order chi connectivity index (χ0) is 19.0. The maximum atomic E-state index is 4.73. The summed E-state index contributed by atoms with van der Waals surface area (Å²) in [6.07, 6.45) is 11.2. The third-order valence-corrected chi connectivity index (χ3v) is 5.18. The number of nitrogens with zero attached hydrogens (tertiary/aromatic N) is 6. The number of hydrogen-bond acceptors (Lipinski definition) is 6. The van der Waals surface area contributed by atoms with Crippen LogP contribution in [0.3, 0.4) is 0 Å². The Hall–Kier alpha value is -2.76. The summed E-state index contributed by atoms with van der Waals surface area (Å²) >= 11 is 0. The van der Waals surface area contributed by atoms with E-state index in [-0.39, 0.29) is 0 Å². The van der Waals surface area contributed by atoms with Crippen molar-refractivity contribution in [1.82, 2.24) is 20.0 Å². The molecule has 2 aliphatic heterocycles. The average molecular weight is 377 g/mol. The van der Waals surface area contributed by atoms with Gasteiger partial charge in [0.25, 0.3) is 0 Å². The smallest absolute Gasteiger partial charge is 0.0894 e. The lowest BCUT2D eigenvalue weighted by Gasteiger charge is -2.23. The first-order chi connectivity index (χ1) is 13.9. The van der Waals surface area contributed by atoms with Crippen molar-refractivity contribution in [3.63, 3.8) is 0 Å². The first-order valence-electron chi connectivity index (χ1n) is 10.4. The standard InChI is InChI=1S/C22H28N6/c1-3-13-27(14-4-1)23-17-19-9-7-11-21(25-19)22-12-8-10-20(26-22)18-24-28-15-5-2-6-16-28/h7-12,17-18H,1-6,13-16H2. The summed E-state index contributed by atoms with van der Waals surface area (Å²) in [5, 5.41) is 13.4. The Morgan fingerprint density at radius 2 is 1.04 bits per heavy atom. The third kappa shape index (κ3) is 5.15. The number of rotatable bonds is 5. The van der Waals surface area contributed by atoms with Crippen LogP contribution in [-0.4, -0.2) is 58.6 Å². The second-order valence-corrected chi connectivity index (χ2v) is 7.41. The molecule has 0 bridgehead atoms. The Morgan fingerprint density at radius 1 is 0.607 bits per heavy atom. The minimum absolute atomic E-state index is 0.857. The summed E-state index contributed by atoms with van der Waals surface area (Å²) < 4.78 is 0. The monoisotopic (exact) mass is 376 g/mol. The molecular weight excluding hydrogens is 348 g/mol. The summed E-state index contributed by atoms with van der Waals surface area (Å²) in [4.78, 5) is 9.45. The molecule has 2 fully saturated rings. The molecule has 6 nitrogen and oxygen atoms in total. The molecule has 2 aromatic rings. The fraction of sp³-hybridized carbons (Fsp3) is 0.455. The maximum absolute atomic E-state index is 4.73. The Kier molecular flexibility index (Phi) is 6.27. The molecule has 0 spiro atoms. The summed E-state index contributed by atoms with van der Waals surface area (Å²) in [6.45, 7) is 4.15. The third-order valence-electron chi connectivity index (χ3n) is 5.18. The van der Waals surface area contributed by atoms with E-state index >= 15 is 0 Å². The molecule has 0 unspecified atom stereocenters. The first kappa shape index (κ1) is 18.6. The van der Waals surface area contributed by atoms with E-state index in [0.29, 0.717) is 0 Å². The van der Waals surface area contributed by atoms with Crippen molar-refractivity contribution in [2.45, 2.75) is 38.5 Å². The lowest BCUT2D eigenvalue weighted by Crippen LogP contribution is -2.24. The Balaban J connectivity index is 1.46. The molecule has 6 heteroatoms. The fourth-order valence-corrected chi connectivity index (χ4v) is 3.60. The van der Waals surface area contributed by atoms with Gasteiger partial charge in [0, 0.05) is 26.2 Å². The molecule has 0 aliphatic carbocycles. The lowest BCUT2D eigenvalue weighted by atomic mass is 10.2. The Morgan fingerprint density at radius 3 is 1.46 bits per heavy atom. The topological polar surface area (TPSA) is 57.0 Å². The van der Waals surface area contributed by atoms with Crippen molar-refractivity contribution in [3.8, 4) is 11.4 Å². The van der Waals surface area contributed by atoms with Crippen molar-refractivity contribution in [2.75, 3.05) is 26.2 Å². The largest absolute Gasteiger partial charge is 0.297 e. The molecule has 2 aromatic heterocycles. The van der Waals surface area contributed by atoms with Crippen molar-refractivity contribution in [2.24, 2.45) is 10.2 Å². The van der Waals surface area contributed by atoms with Crippen LogP contribution in [0.1, 0.15) is 49.9 Å². The summed E-state index contributed by atoms with van der Waals surface area (Å²) in [5.74, 6) is 0. The van der Waals surface area contributed by atoms with Gasteiger partial charge in [-0.1, -0.05) is 12.1 Å². The molecule has 2 saturated heterocycles. The highest BCUT2D eigenvalue weighted by Gasteiger charge is 2.08. The van der Waals surface area contributed by atoms with Gasteiger partial charge < -0.3 is 0 Å². The first-order valence-corrected chi connectivity index (χ1v) is 10.4. The molecule has 4 heterocycles. The van der Waals surface area contributed by atoms with E-state index in [1.807, 2.05) is 48.8 Å². The van der Waals surface area contributed by atoms with Crippen molar-refractivity contribution < 1.29 is 0 Å². The zero-order valence-corrected chi connectivity index (χ0v) is 16.4. The highest BCUT2D eigenvalue weighted by molar-refractivity contribution is 5.79. The normalized spacial score (nSPS) is 18.3. The van der Waals surface area contributed by atoms with E-state index in [4.69, 9.17) is 9.97 Å². The van der Waals surface area contributed by atoms with E-state index in [2.05, 4.69) is 20.2 Å². The van der Waals surface area contributed by atoms with Crippen molar-refractivity contribution in [1.29, 1.82) is 0 Å². The van der Waals surface area contributed by atoms with E-state index in [1.54, 1.807) is 0 Å². The predicted octanol–water partition coefficient (Wildman–Crippen LogP) is 3.78. The van der Waals surface area contributed by atoms with Crippen molar-refractivity contribution in [3.05, 3.63) is 47.8 Å². The Labute approximate surface area is 167 Å². The average Bonchev–Trinajstić information content (AvgIpc) is 2.78. The van der Waals surface area contributed by atoms with Gasteiger partial charge in [-0.3, -0.25) is 10.0 Å². The van der Waals surface area contributed by atoms with E-state index < -0.39 is 0 Å². The second-order valence-electron chi connectivity index (χ2n) is 7.41. The number of hydrazone groups is 2. The van der Waals surface area contributed by atoms with Gasteiger partial charge in [-0.2, -0.15) is 10.2 Å². The number of aromatic nitrogens is 2. The van der Waals surface area contributed by atoms with Gasteiger partial charge in [0.05, 0.1) is 35.2 Å². The zero-order valence-electron chi connectivity index (χ0n) is 16.4. The number of pyridine rings is 2. The van der Waals surface area contributed by atoms with Crippen LogP contribution >= 0.6 is 0 Å². The summed E-state index contributed by atoms with van der Waals surface area (Å²) in [5.41, 5.74) is 3.43. The van der Waals surface area contributed by atoms with Crippen LogP contribution in [0.15, 0.2) is 46.6 Å². The second kappa shape index (κ2) is 9.44. The van der Waals surface area contributed by atoms with Crippen molar-refractivity contribution >= 4 is 12.4 Å². The molecule has 0 amide bonds. The molecule has 0 aromatic carbocycles. The summed E-state index contributed by atoms with van der Waals surface area (Å²) in [6, 6.07) is 12.0. The minimum atomic E-state index is 0.857. The van der Waals surface area contributed by atoms with E-state index in [9.17, 15) is 0 Å². The molecule has 0 atom stereocenters. The predicted molar refractivity (Wildman–Crippen MR) is 114 cm³/mol. The van der Waals surface area contributed by atoms with Gasteiger partial charge in [-0.05, 0) is 62.8 Å². The molecule has 146 valence electrons. The van der Waals surface area contributed by atoms with E-state index in [1.165, 1.54) is 38.5 Å². The molecule has 0 N–H and O–H groups in total. The van der Waals surface area contributed by atoms with Gasteiger partial charge in [-0.15, -0.1) is 0 Å². The van der Waals surface area contributed by atoms with Gasteiger partial charge in [-0.25, -0.2) is 9.97 Å². The SMILES string of the molecule is C(=NN1CCCCC1)c1cccc(-c2cccc(C=NN3CCCCC3)n2)n1. The molecule has 0 radical (unpaired) electrons. The van der Waals surface area contributed by atoms with Gasteiger partial charge in [0.15, 0.2) is 0 Å². The van der Waals surface area contributed by atoms with Crippen LogP contribution in [0.2, 0.25) is 0 Å². The van der Waals surface area contributed by atoms with Crippen LogP contribution in [0, 0.1) is 0 Å². The number of piperidine rings is 2. The van der Waals surface area contributed by atoms with Crippen LogP contribution in [0.25, 0.3) is 11.4 Å². The highest BCUT2D eigenvalue weighted by atomic mass is 15.4. The maximum Gasteiger partial charge on any atom is 0.0894 e. The molecule has 28 heavy (non-hydrogen) atoms. The van der Waals surface area contributed by atoms with E-state index in [0.717, 1.165) is 49.0 Å². The minimum Gasteiger partial charge on any atom is -0.297 e. The molecule has 4 rings (SSSR count). The van der Waals surface area contributed by atoms with Crippen LogP contribution in [0.4, 0.5) is 0 Å². The summed E-state index contributed by atoms with van der Waals surface area (Å²) in [7, 11) is 0. The number of hydrogen-bond donors (Lipinski definition) is 0. The molecule has 0 saturated carbocycles. The van der Waals surface area contributed by atoms with Gasteiger partial charge in [0.1, 0.15) is 0 Å². The lowest BCUT2D eigenvalue weighted by molar-refractivity contribution is 0.240. The van der Waals surface area contributed by atoms with Crippen LogP contribution in [0.5, 0.6) is 0 Å².